The van der Waals surface area contributed by atoms with Gasteiger partial charge in [-0.25, -0.2) is 9.59 Å². The average Bonchev–Trinajstić information content (AvgIpc) is 3.08. The maximum atomic E-state index is 10.2. The number of hydrogen-bond donors (Lipinski definition) is 4. The van der Waals surface area contributed by atoms with Crippen molar-refractivity contribution in [2.45, 2.75) is 13.2 Å². The first-order chi connectivity index (χ1) is 9.47. The van der Waals surface area contributed by atoms with Gasteiger partial charge in [0.25, 0.3) is 0 Å². The normalized spacial score (nSPS) is 9.70. The fourth-order valence-corrected chi connectivity index (χ4v) is 1.16. The summed E-state index contributed by atoms with van der Waals surface area (Å²) >= 11 is 0. The summed E-state index contributed by atoms with van der Waals surface area (Å²) in [7, 11) is 0. The van der Waals surface area contributed by atoms with Gasteiger partial charge in [0.15, 0.2) is 0 Å². The average molecular weight is 284 g/mol. The van der Waals surface area contributed by atoms with Crippen molar-refractivity contribution in [3.63, 3.8) is 0 Å². The van der Waals surface area contributed by atoms with Crippen LogP contribution in [-0.2, 0) is 13.2 Å². The van der Waals surface area contributed by atoms with Gasteiger partial charge in [0, 0.05) is 0 Å². The molecule has 2 aromatic rings. The summed E-state index contributed by atoms with van der Waals surface area (Å²) in [5.41, 5.74) is 0. The zero-order chi connectivity index (χ0) is 15.1. The third-order valence-electron chi connectivity index (χ3n) is 2.06. The fraction of sp³-hybridized carbons (Fsp3) is 0.167. The Balaban J connectivity index is 0.000000200. The topological polar surface area (TPSA) is 141 Å². The summed E-state index contributed by atoms with van der Waals surface area (Å²) in [4.78, 5) is 20.3. The first-order valence-electron chi connectivity index (χ1n) is 5.33. The van der Waals surface area contributed by atoms with E-state index >= 15 is 0 Å². The second-order valence-corrected chi connectivity index (χ2v) is 3.46. The van der Waals surface area contributed by atoms with Crippen LogP contribution in [0.2, 0.25) is 0 Å². The van der Waals surface area contributed by atoms with Gasteiger partial charge in [-0.3, -0.25) is 0 Å². The van der Waals surface area contributed by atoms with Crippen LogP contribution in [0.3, 0.4) is 0 Å². The third-order valence-corrected chi connectivity index (χ3v) is 2.06. The number of hydrogen-bond acceptors (Lipinski definition) is 6. The zero-order valence-corrected chi connectivity index (χ0v) is 10.1. The summed E-state index contributed by atoms with van der Waals surface area (Å²) in [5.74, 6) is -2.03. The Labute approximate surface area is 112 Å². The van der Waals surface area contributed by atoms with Crippen LogP contribution in [0.1, 0.15) is 32.6 Å². The molecule has 0 aromatic carbocycles. The van der Waals surface area contributed by atoms with Crippen molar-refractivity contribution in [3.8, 4) is 0 Å². The van der Waals surface area contributed by atoms with Crippen molar-refractivity contribution in [2.75, 3.05) is 0 Å². The van der Waals surface area contributed by atoms with E-state index in [9.17, 15) is 9.59 Å². The SMILES string of the molecule is O=C(O)c1ccc(CO)o1.O=C(O)c1ccc(CO)o1. The maximum absolute atomic E-state index is 10.2. The van der Waals surface area contributed by atoms with Gasteiger partial charge in [0.1, 0.15) is 24.7 Å². The predicted octanol–water partition coefficient (Wildman–Crippen LogP) is 0.940. The molecular formula is C12H12O8. The minimum Gasteiger partial charge on any atom is -0.475 e. The summed E-state index contributed by atoms with van der Waals surface area (Å²) in [6.07, 6.45) is 0. The molecule has 0 aliphatic carbocycles. The van der Waals surface area contributed by atoms with E-state index < -0.39 is 11.9 Å². The van der Waals surface area contributed by atoms with Crippen molar-refractivity contribution >= 4 is 11.9 Å². The highest BCUT2D eigenvalue weighted by Gasteiger charge is 2.07. The zero-order valence-electron chi connectivity index (χ0n) is 10.1. The highest BCUT2D eigenvalue weighted by molar-refractivity contribution is 5.84. The van der Waals surface area contributed by atoms with E-state index in [1.165, 1.54) is 24.3 Å². The molecule has 20 heavy (non-hydrogen) atoms. The lowest BCUT2D eigenvalue weighted by Gasteiger charge is -1.85. The van der Waals surface area contributed by atoms with Crippen LogP contribution in [0.25, 0.3) is 0 Å². The number of rotatable bonds is 4. The molecule has 0 spiro atoms. The molecule has 108 valence electrons. The summed E-state index contributed by atoms with van der Waals surface area (Å²) in [5, 5.41) is 33.5. The van der Waals surface area contributed by atoms with Gasteiger partial charge < -0.3 is 29.3 Å². The number of aliphatic hydroxyl groups is 2. The molecule has 0 saturated heterocycles. The molecule has 0 unspecified atom stereocenters. The van der Waals surface area contributed by atoms with Crippen LogP contribution < -0.4 is 0 Å². The van der Waals surface area contributed by atoms with Gasteiger partial charge in [-0.2, -0.15) is 0 Å². The van der Waals surface area contributed by atoms with E-state index in [0.717, 1.165) is 0 Å². The molecule has 2 heterocycles. The van der Waals surface area contributed by atoms with Crippen molar-refractivity contribution in [2.24, 2.45) is 0 Å². The van der Waals surface area contributed by atoms with Crippen LogP contribution in [-0.4, -0.2) is 32.4 Å². The Morgan fingerprint density at radius 3 is 1.30 bits per heavy atom. The van der Waals surface area contributed by atoms with Gasteiger partial charge in [0.05, 0.1) is 0 Å². The van der Waals surface area contributed by atoms with E-state index in [2.05, 4.69) is 8.83 Å². The second-order valence-electron chi connectivity index (χ2n) is 3.46. The molecule has 0 amide bonds. The first-order valence-corrected chi connectivity index (χ1v) is 5.33. The standard InChI is InChI=1S/2C6H6O4/c2*7-3-4-1-2-5(10-4)6(8)9/h2*1-2,7H,3H2,(H,8,9). The highest BCUT2D eigenvalue weighted by Crippen LogP contribution is 2.07. The molecular weight excluding hydrogens is 272 g/mol. The van der Waals surface area contributed by atoms with Crippen LogP contribution in [0.4, 0.5) is 0 Å². The van der Waals surface area contributed by atoms with Gasteiger partial charge in [-0.05, 0) is 24.3 Å². The van der Waals surface area contributed by atoms with Crippen LogP contribution in [0, 0.1) is 0 Å². The first kappa shape index (κ1) is 15.5. The summed E-state index contributed by atoms with van der Waals surface area (Å²) in [6, 6.07) is 5.44. The van der Waals surface area contributed by atoms with E-state index in [4.69, 9.17) is 20.4 Å². The lowest BCUT2D eigenvalue weighted by Crippen LogP contribution is -1.91. The van der Waals surface area contributed by atoms with Gasteiger partial charge >= 0.3 is 11.9 Å². The summed E-state index contributed by atoms with van der Waals surface area (Å²) < 4.78 is 9.29. The second kappa shape index (κ2) is 7.12. The Morgan fingerprint density at radius 1 is 0.800 bits per heavy atom. The van der Waals surface area contributed by atoms with Crippen LogP contribution in [0.15, 0.2) is 33.1 Å². The lowest BCUT2D eigenvalue weighted by molar-refractivity contribution is 0.0647. The Kier molecular flexibility index (Phi) is 5.51. The fourth-order valence-electron chi connectivity index (χ4n) is 1.16. The molecule has 0 atom stereocenters. The van der Waals surface area contributed by atoms with Gasteiger partial charge in [0.2, 0.25) is 11.5 Å². The van der Waals surface area contributed by atoms with Crippen molar-refractivity contribution < 1.29 is 38.8 Å². The number of furan rings is 2. The largest absolute Gasteiger partial charge is 0.475 e. The number of carboxylic acids is 2. The molecule has 0 bridgehead atoms. The maximum Gasteiger partial charge on any atom is 0.371 e. The molecule has 8 nitrogen and oxygen atoms in total. The van der Waals surface area contributed by atoms with Gasteiger partial charge in [-0.1, -0.05) is 0 Å². The lowest BCUT2D eigenvalue weighted by atomic mass is 10.4. The quantitative estimate of drug-likeness (QED) is 0.649. The van der Waals surface area contributed by atoms with Gasteiger partial charge in [-0.15, -0.1) is 0 Å². The van der Waals surface area contributed by atoms with Crippen molar-refractivity contribution in [1.82, 2.24) is 0 Å². The molecule has 8 heteroatoms. The minimum atomic E-state index is -1.13. The smallest absolute Gasteiger partial charge is 0.371 e. The van der Waals surface area contributed by atoms with E-state index in [1.54, 1.807) is 0 Å². The molecule has 0 fully saturated rings. The van der Waals surface area contributed by atoms with E-state index in [1.807, 2.05) is 0 Å². The molecule has 0 radical (unpaired) electrons. The monoisotopic (exact) mass is 284 g/mol. The number of aromatic carboxylic acids is 2. The molecule has 0 aliphatic heterocycles. The summed E-state index contributed by atoms with van der Waals surface area (Å²) in [6.45, 7) is -0.541. The molecule has 0 saturated carbocycles. The number of carboxylic acid groups (broad SMARTS) is 2. The Hall–Kier alpha value is -2.58. The molecule has 4 N–H and O–H groups in total. The van der Waals surface area contributed by atoms with Crippen LogP contribution in [0.5, 0.6) is 0 Å². The Bertz CT molecular complexity index is 528. The van der Waals surface area contributed by atoms with Crippen molar-refractivity contribution in [1.29, 1.82) is 0 Å². The van der Waals surface area contributed by atoms with Crippen molar-refractivity contribution in [3.05, 3.63) is 47.3 Å². The van der Waals surface area contributed by atoms with E-state index in [-0.39, 0.29) is 36.3 Å². The third kappa shape index (κ3) is 4.26. The molecule has 2 rings (SSSR count). The Morgan fingerprint density at radius 2 is 1.15 bits per heavy atom. The molecule has 2 aromatic heterocycles. The number of carbonyl (C=O) groups is 2. The molecule has 0 aliphatic rings. The van der Waals surface area contributed by atoms with E-state index in [0.29, 0.717) is 0 Å². The highest BCUT2D eigenvalue weighted by atomic mass is 16.4. The number of aliphatic hydroxyl groups excluding tert-OH is 2. The van der Waals surface area contributed by atoms with Crippen LogP contribution >= 0.6 is 0 Å². The predicted molar refractivity (Wildman–Crippen MR) is 63.2 cm³/mol. The minimum absolute atomic E-state index is 0.149.